The molecule has 1 heterocycles. The summed E-state index contributed by atoms with van der Waals surface area (Å²) in [5.41, 5.74) is 0. The molecule has 1 aliphatic heterocycles. The summed E-state index contributed by atoms with van der Waals surface area (Å²) >= 11 is 6.37. The number of hydrogen-bond acceptors (Lipinski definition) is 3. The zero-order valence-electron chi connectivity index (χ0n) is 11.7. The van der Waals surface area contributed by atoms with E-state index in [9.17, 15) is 0 Å². The van der Waals surface area contributed by atoms with Crippen LogP contribution >= 0.6 is 11.6 Å². The molecule has 0 bridgehead atoms. The lowest BCUT2D eigenvalue weighted by Gasteiger charge is -2.37. The van der Waals surface area contributed by atoms with Crippen molar-refractivity contribution in [3.63, 3.8) is 0 Å². The van der Waals surface area contributed by atoms with Gasteiger partial charge in [-0.2, -0.15) is 0 Å². The fourth-order valence-electron chi connectivity index (χ4n) is 2.93. The summed E-state index contributed by atoms with van der Waals surface area (Å²) in [7, 11) is 0. The minimum atomic E-state index is 0.309. The van der Waals surface area contributed by atoms with Gasteiger partial charge in [-0.15, -0.1) is 11.6 Å². The summed E-state index contributed by atoms with van der Waals surface area (Å²) in [6, 6.07) is 1.10. The molecule has 0 radical (unpaired) electrons. The second-order valence-electron chi connectivity index (χ2n) is 5.90. The molecule has 1 saturated heterocycles. The van der Waals surface area contributed by atoms with Crippen molar-refractivity contribution >= 4 is 11.6 Å². The molecular formula is C14H27ClN2O. The molecule has 2 fully saturated rings. The van der Waals surface area contributed by atoms with Gasteiger partial charge in [0.15, 0.2) is 0 Å². The molecule has 1 aliphatic carbocycles. The van der Waals surface area contributed by atoms with Crippen LogP contribution in [0, 0.1) is 0 Å². The van der Waals surface area contributed by atoms with Crippen molar-refractivity contribution in [1.82, 2.24) is 10.2 Å². The average molecular weight is 275 g/mol. The van der Waals surface area contributed by atoms with Gasteiger partial charge in [0.1, 0.15) is 0 Å². The van der Waals surface area contributed by atoms with Crippen molar-refractivity contribution in [2.45, 2.75) is 63.1 Å². The lowest BCUT2D eigenvalue weighted by Crippen LogP contribution is -2.51. The Balaban J connectivity index is 1.72. The Kier molecular flexibility index (Phi) is 5.74. The highest BCUT2D eigenvalue weighted by atomic mass is 35.5. The largest absolute Gasteiger partial charge is 0.374 e. The minimum Gasteiger partial charge on any atom is -0.374 e. The number of rotatable bonds is 4. The molecule has 0 aromatic carbocycles. The van der Waals surface area contributed by atoms with Gasteiger partial charge < -0.3 is 10.1 Å². The Hall–Kier alpha value is 0.170. The van der Waals surface area contributed by atoms with Crippen molar-refractivity contribution in [2.24, 2.45) is 0 Å². The van der Waals surface area contributed by atoms with E-state index in [1.807, 2.05) is 0 Å². The number of morpholine rings is 1. The van der Waals surface area contributed by atoms with E-state index in [0.717, 1.165) is 32.7 Å². The standard InChI is InChI=1S/C14H27ClN2O/c1-11(2)17-7-8-18-12(10-17)9-16-14-6-4-3-5-13(14)15/h11-14,16H,3-10H2,1-2H3. The first-order valence-corrected chi connectivity index (χ1v) is 7.83. The normalized spacial score (nSPS) is 35.0. The van der Waals surface area contributed by atoms with Gasteiger partial charge in [0.2, 0.25) is 0 Å². The maximum atomic E-state index is 6.37. The third kappa shape index (κ3) is 4.09. The second kappa shape index (κ2) is 7.09. The van der Waals surface area contributed by atoms with Gasteiger partial charge in [-0.25, -0.2) is 0 Å². The summed E-state index contributed by atoms with van der Waals surface area (Å²) < 4.78 is 5.84. The third-order valence-electron chi connectivity index (χ3n) is 4.19. The van der Waals surface area contributed by atoms with Crippen LogP contribution in [-0.2, 0) is 4.74 Å². The zero-order chi connectivity index (χ0) is 13.0. The van der Waals surface area contributed by atoms with Crippen LogP contribution in [-0.4, -0.2) is 54.7 Å². The van der Waals surface area contributed by atoms with Crippen LogP contribution in [0.2, 0.25) is 0 Å². The van der Waals surface area contributed by atoms with Crippen LogP contribution < -0.4 is 5.32 Å². The molecule has 4 heteroatoms. The van der Waals surface area contributed by atoms with Crippen LogP contribution in [0.3, 0.4) is 0 Å². The summed E-state index contributed by atoms with van der Waals surface area (Å²) in [5.74, 6) is 0. The molecule has 106 valence electrons. The number of hydrogen-bond donors (Lipinski definition) is 1. The topological polar surface area (TPSA) is 24.5 Å². The van der Waals surface area contributed by atoms with Gasteiger partial charge in [-0.3, -0.25) is 4.90 Å². The van der Waals surface area contributed by atoms with E-state index in [1.165, 1.54) is 19.3 Å². The number of alkyl halides is 1. The van der Waals surface area contributed by atoms with Crippen LogP contribution in [0.15, 0.2) is 0 Å². The number of nitrogens with zero attached hydrogens (tertiary/aromatic N) is 1. The van der Waals surface area contributed by atoms with Crippen molar-refractivity contribution in [2.75, 3.05) is 26.2 Å². The van der Waals surface area contributed by atoms with E-state index in [0.29, 0.717) is 23.6 Å². The molecule has 1 saturated carbocycles. The Morgan fingerprint density at radius 3 is 2.83 bits per heavy atom. The van der Waals surface area contributed by atoms with Crippen molar-refractivity contribution < 1.29 is 4.74 Å². The molecular weight excluding hydrogens is 248 g/mol. The fraction of sp³-hybridized carbons (Fsp3) is 1.00. The molecule has 3 nitrogen and oxygen atoms in total. The minimum absolute atomic E-state index is 0.309. The van der Waals surface area contributed by atoms with Crippen LogP contribution in [0.5, 0.6) is 0 Å². The molecule has 3 unspecified atom stereocenters. The number of nitrogens with one attached hydrogen (secondary N) is 1. The lowest BCUT2D eigenvalue weighted by atomic mass is 9.95. The maximum absolute atomic E-state index is 6.37. The molecule has 18 heavy (non-hydrogen) atoms. The maximum Gasteiger partial charge on any atom is 0.0826 e. The van der Waals surface area contributed by atoms with E-state index >= 15 is 0 Å². The van der Waals surface area contributed by atoms with E-state index < -0.39 is 0 Å². The Morgan fingerprint density at radius 1 is 1.33 bits per heavy atom. The molecule has 3 atom stereocenters. The molecule has 2 rings (SSSR count). The molecule has 0 amide bonds. The van der Waals surface area contributed by atoms with Crippen molar-refractivity contribution in [1.29, 1.82) is 0 Å². The first-order valence-electron chi connectivity index (χ1n) is 7.40. The predicted octanol–water partition coefficient (Wildman–Crippen LogP) is 2.24. The first-order chi connectivity index (χ1) is 8.66. The summed E-state index contributed by atoms with van der Waals surface area (Å²) in [4.78, 5) is 2.49. The van der Waals surface area contributed by atoms with Gasteiger partial charge in [0.05, 0.1) is 12.7 Å². The predicted molar refractivity (Wildman–Crippen MR) is 76.3 cm³/mol. The van der Waals surface area contributed by atoms with Gasteiger partial charge in [-0.05, 0) is 26.7 Å². The Morgan fingerprint density at radius 2 is 2.11 bits per heavy atom. The summed E-state index contributed by atoms with van der Waals surface area (Å²) in [6.45, 7) is 8.42. The van der Waals surface area contributed by atoms with Crippen molar-refractivity contribution in [3.05, 3.63) is 0 Å². The number of ether oxygens (including phenoxy) is 1. The average Bonchev–Trinajstić information content (AvgIpc) is 2.38. The highest BCUT2D eigenvalue weighted by Crippen LogP contribution is 2.23. The lowest BCUT2D eigenvalue weighted by molar-refractivity contribution is -0.0384. The van der Waals surface area contributed by atoms with Crippen LogP contribution in [0.25, 0.3) is 0 Å². The zero-order valence-corrected chi connectivity index (χ0v) is 12.5. The highest BCUT2D eigenvalue weighted by Gasteiger charge is 2.26. The van der Waals surface area contributed by atoms with Crippen LogP contribution in [0.4, 0.5) is 0 Å². The van der Waals surface area contributed by atoms with E-state index in [-0.39, 0.29) is 0 Å². The quantitative estimate of drug-likeness (QED) is 0.796. The smallest absolute Gasteiger partial charge is 0.0826 e. The Bertz CT molecular complexity index is 250. The molecule has 2 aliphatic rings. The van der Waals surface area contributed by atoms with E-state index in [4.69, 9.17) is 16.3 Å². The third-order valence-corrected chi connectivity index (χ3v) is 4.71. The van der Waals surface area contributed by atoms with Gasteiger partial charge in [0, 0.05) is 37.1 Å². The van der Waals surface area contributed by atoms with E-state index in [2.05, 4.69) is 24.1 Å². The Labute approximate surface area is 116 Å². The number of halogens is 1. The van der Waals surface area contributed by atoms with Gasteiger partial charge in [-0.1, -0.05) is 12.8 Å². The van der Waals surface area contributed by atoms with Crippen molar-refractivity contribution in [3.8, 4) is 0 Å². The summed E-state index contributed by atoms with van der Waals surface area (Å²) in [5, 5.41) is 3.93. The van der Waals surface area contributed by atoms with Gasteiger partial charge >= 0.3 is 0 Å². The van der Waals surface area contributed by atoms with Gasteiger partial charge in [0.25, 0.3) is 0 Å². The SMILES string of the molecule is CC(C)N1CCOC(CNC2CCCCC2Cl)C1. The first kappa shape index (κ1) is 14.6. The molecule has 0 aromatic rings. The van der Waals surface area contributed by atoms with E-state index in [1.54, 1.807) is 0 Å². The fourth-order valence-corrected chi connectivity index (χ4v) is 3.30. The highest BCUT2D eigenvalue weighted by molar-refractivity contribution is 6.21. The summed E-state index contributed by atoms with van der Waals surface area (Å²) in [6.07, 6.45) is 5.29. The molecule has 0 aromatic heterocycles. The molecule has 0 spiro atoms. The monoisotopic (exact) mass is 274 g/mol. The van der Waals surface area contributed by atoms with Crippen LogP contribution in [0.1, 0.15) is 39.5 Å². The molecule has 1 N–H and O–H groups in total. The second-order valence-corrected chi connectivity index (χ2v) is 6.46.